The monoisotopic (exact) mass is 487 g/mol. The summed E-state index contributed by atoms with van der Waals surface area (Å²) in [6.07, 6.45) is 1.79. The number of fused-ring (bicyclic) bond motifs is 3. The second kappa shape index (κ2) is 9.26. The van der Waals surface area contributed by atoms with Gasteiger partial charge in [0.2, 0.25) is 0 Å². The highest BCUT2D eigenvalue weighted by molar-refractivity contribution is 5.83. The van der Waals surface area contributed by atoms with Gasteiger partial charge in [-0.25, -0.2) is 4.39 Å². The van der Waals surface area contributed by atoms with Crippen molar-refractivity contribution >= 4 is 11.4 Å². The van der Waals surface area contributed by atoms with Crippen LogP contribution in [-0.2, 0) is 0 Å². The lowest BCUT2D eigenvalue weighted by atomic mass is 9.88. The number of hydrogen-bond acceptors (Lipinski definition) is 3. The molecule has 0 aromatic heterocycles. The van der Waals surface area contributed by atoms with E-state index >= 15 is 0 Å². The van der Waals surface area contributed by atoms with Crippen LogP contribution in [0.2, 0.25) is 0 Å². The summed E-state index contributed by atoms with van der Waals surface area (Å²) >= 11 is 0. The number of rotatable bonds is 7. The van der Waals surface area contributed by atoms with Crippen LogP contribution in [0.25, 0.3) is 11.1 Å². The summed E-state index contributed by atoms with van der Waals surface area (Å²) in [6, 6.07) is 27.3. The van der Waals surface area contributed by atoms with Crippen molar-refractivity contribution < 1.29 is 22.6 Å². The summed E-state index contributed by atoms with van der Waals surface area (Å²) in [6.45, 7) is -2.09. The van der Waals surface area contributed by atoms with Gasteiger partial charge in [0.1, 0.15) is 23.4 Å². The second-order valence-electron chi connectivity index (χ2n) is 9.22. The number of hydrogen-bond donors (Lipinski definition) is 0. The predicted octanol–water partition coefficient (Wildman–Crippen LogP) is 8.12. The summed E-state index contributed by atoms with van der Waals surface area (Å²) in [5.41, 5.74) is 4.66. The number of nitrogens with zero attached hydrogens (tertiary/aromatic N) is 1. The van der Waals surface area contributed by atoms with Crippen LogP contribution in [0.4, 0.5) is 24.5 Å². The molecule has 4 aromatic carbocycles. The van der Waals surface area contributed by atoms with Crippen LogP contribution >= 0.6 is 0 Å². The first-order valence-electron chi connectivity index (χ1n) is 12.0. The summed E-state index contributed by atoms with van der Waals surface area (Å²) in [5, 5.41) is 0. The third-order valence-corrected chi connectivity index (χ3v) is 6.70. The summed E-state index contributed by atoms with van der Waals surface area (Å²) < 4.78 is 51.9. The van der Waals surface area contributed by atoms with Crippen molar-refractivity contribution in [3.8, 4) is 22.6 Å². The van der Waals surface area contributed by atoms with E-state index < -0.39 is 12.7 Å². The molecule has 0 spiro atoms. The van der Waals surface area contributed by atoms with Gasteiger partial charge in [-0.05, 0) is 78.4 Å². The molecule has 1 aliphatic carbocycles. The standard InChI is InChI=1S/C30H24F3NO2/c31-21-7-4-6-20(16-21)29-25-17-23(34(18-19-12-13-19)22-8-2-1-3-9-22)14-15-24(25)28-26(35-29)10-5-11-27(28)36-30(32)33/h1-11,14-17,19,29-30H,12-13,18H2. The van der Waals surface area contributed by atoms with Crippen LogP contribution in [0.1, 0.15) is 30.1 Å². The average Bonchev–Trinajstić information content (AvgIpc) is 3.71. The Hall–Kier alpha value is -3.93. The third kappa shape index (κ3) is 4.39. The zero-order valence-corrected chi connectivity index (χ0v) is 19.4. The number of para-hydroxylation sites is 1. The smallest absolute Gasteiger partial charge is 0.387 e. The Labute approximate surface area is 207 Å². The predicted molar refractivity (Wildman–Crippen MR) is 134 cm³/mol. The van der Waals surface area contributed by atoms with Gasteiger partial charge >= 0.3 is 6.61 Å². The molecule has 3 nitrogen and oxygen atoms in total. The van der Waals surface area contributed by atoms with E-state index in [1.54, 1.807) is 18.2 Å². The zero-order valence-electron chi connectivity index (χ0n) is 19.4. The molecule has 1 unspecified atom stereocenters. The van der Waals surface area contributed by atoms with Crippen molar-refractivity contribution in [1.82, 2.24) is 0 Å². The van der Waals surface area contributed by atoms with Crippen LogP contribution in [0.15, 0.2) is 91.0 Å². The van der Waals surface area contributed by atoms with Crippen molar-refractivity contribution in [1.29, 1.82) is 0 Å². The van der Waals surface area contributed by atoms with Crippen LogP contribution in [0, 0.1) is 11.7 Å². The first kappa shape index (κ1) is 22.5. The SMILES string of the molecule is Fc1cccc(C2Oc3cccc(OC(F)F)c3-c3ccc(N(CC4CC4)c4ccccc4)cc32)c1. The minimum atomic E-state index is -2.97. The highest BCUT2D eigenvalue weighted by Crippen LogP contribution is 2.50. The highest BCUT2D eigenvalue weighted by atomic mass is 19.3. The maximum Gasteiger partial charge on any atom is 0.387 e. The number of alkyl halides is 2. The van der Waals surface area contributed by atoms with Gasteiger partial charge < -0.3 is 14.4 Å². The van der Waals surface area contributed by atoms with E-state index in [2.05, 4.69) is 17.0 Å². The molecule has 4 aromatic rings. The van der Waals surface area contributed by atoms with Crippen molar-refractivity contribution in [3.63, 3.8) is 0 Å². The largest absolute Gasteiger partial charge is 0.480 e. The molecule has 1 heterocycles. The molecular weight excluding hydrogens is 463 g/mol. The Balaban J connectivity index is 1.52. The van der Waals surface area contributed by atoms with Gasteiger partial charge in [0.15, 0.2) is 0 Å². The van der Waals surface area contributed by atoms with E-state index in [1.807, 2.05) is 42.5 Å². The van der Waals surface area contributed by atoms with Gasteiger partial charge in [0.05, 0.1) is 5.56 Å². The zero-order chi connectivity index (χ0) is 24.6. The van der Waals surface area contributed by atoms with Crippen LogP contribution in [-0.4, -0.2) is 13.2 Å². The molecule has 6 heteroatoms. The molecule has 182 valence electrons. The summed E-state index contributed by atoms with van der Waals surface area (Å²) in [7, 11) is 0. The van der Waals surface area contributed by atoms with Gasteiger partial charge in [-0.2, -0.15) is 8.78 Å². The lowest BCUT2D eigenvalue weighted by molar-refractivity contribution is -0.0496. The van der Waals surface area contributed by atoms with Gasteiger partial charge in [0, 0.05) is 23.5 Å². The topological polar surface area (TPSA) is 21.7 Å². The fraction of sp³-hybridized carbons (Fsp3) is 0.200. The highest BCUT2D eigenvalue weighted by Gasteiger charge is 2.32. The maximum absolute atomic E-state index is 14.2. The van der Waals surface area contributed by atoms with Gasteiger partial charge in [-0.1, -0.05) is 42.5 Å². The van der Waals surface area contributed by atoms with Crippen molar-refractivity contribution in [2.24, 2.45) is 5.92 Å². The van der Waals surface area contributed by atoms with E-state index in [4.69, 9.17) is 9.47 Å². The van der Waals surface area contributed by atoms with E-state index in [9.17, 15) is 13.2 Å². The maximum atomic E-state index is 14.2. The molecule has 2 aliphatic rings. The molecule has 36 heavy (non-hydrogen) atoms. The molecular formula is C30H24F3NO2. The van der Waals surface area contributed by atoms with Crippen LogP contribution < -0.4 is 14.4 Å². The Morgan fingerprint density at radius 2 is 1.67 bits per heavy atom. The quantitative estimate of drug-likeness (QED) is 0.263. The molecule has 0 bridgehead atoms. The van der Waals surface area contributed by atoms with Gasteiger partial charge in [-0.15, -0.1) is 0 Å². The van der Waals surface area contributed by atoms with E-state index in [-0.39, 0.29) is 11.6 Å². The molecule has 0 radical (unpaired) electrons. The molecule has 1 fully saturated rings. The fourth-order valence-electron chi connectivity index (χ4n) is 4.87. The van der Waals surface area contributed by atoms with E-state index in [1.165, 1.54) is 31.0 Å². The minimum Gasteiger partial charge on any atom is -0.480 e. The second-order valence-corrected chi connectivity index (χ2v) is 9.22. The molecule has 6 rings (SSSR count). The Kier molecular flexibility index (Phi) is 5.80. The third-order valence-electron chi connectivity index (χ3n) is 6.70. The van der Waals surface area contributed by atoms with E-state index in [0.29, 0.717) is 22.8 Å². The van der Waals surface area contributed by atoms with Crippen molar-refractivity contribution in [3.05, 3.63) is 108 Å². The molecule has 1 aliphatic heterocycles. The molecule has 1 atom stereocenters. The molecule has 0 saturated heterocycles. The summed E-state index contributed by atoms with van der Waals surface area (Å²) in [5.74, 6) is 0.727. The Bertz CT molecular complexity index is 1390. The fourth-order valence-corrected chi connectivity index (χ4v) is 4.87. The Morgan fingerprint density at radius 1 is 0.861 bits per heavy atom. The van der Waals surface area contributed by atoms with Gasteiger partial charge in [-0.3, -0.25) is 0 Å². The number of benzene rings is 4. The average molecular weight is 488 g/mol. The van der Waals surface area contributed by atoms with Crippen LogP contribution in [0.5, 0.6) is 11.5 Å². The molecule has 0 N–H and O–H groups in total. The summed E-state index contributed by atoms with van der Waals surface area (Å²) in [4.78, 5) is 2.28. The lowest BCUT2D eigenvalue weighted by Gasteiger charge is -2.32. The minimum absolute atomic E-state index is 0.0482. The number of anilines is 2. The number of halogens is 3. The van der Waals surface area contributed by atoms with Crippen molar-refractivity contribution in [2.75, 3.05) is 11.4 Å². The van der Waals surface area contributed by atoms with Crippen LogP contribution in [0.3, 0.4) is 0 Å². The Morgan fingerprint density at radius 3 is 2.42 bits per heavy atom. The normalized spacial score (nSPS) is 16.2. The van der Waals surface area contributed by atoms with E-state index in [0.717, 1.165) is 29.0 Å². The molecule has 0 amide bonds. The van der Waals surface area contributed by atoms with Gasteiger partial charge in [0.25, 0.3) is 0 Å². The first-order valence-corrected chi connectivity index (χ1v) is 12.0. The molecule has 1 saturated carbocycles. The number of ether oxygens (including phenoxy) is 2. The lowest BCUT2D eigenvalue weighted by Crippen LogP contribution is -2.22. The van der Waals surface area contributed by atoms with Crippen molar-refractivity contribution in [2.45, 2.75) is 25.6 Å². The first-order chi connectivity index (χ1) is 17.6.